The van der Waals surface area contributed by atoms with Crippen molar-refractivity contribution in [3.8, 4) is 0 Å². The summed E-state index contributed by atoms with van der Waals surface area (Å²) in [5.41, 5.74) is 2.59. The molecule has 1 aromatic carbocycles. The molecule has 84 valence electrons. The van der Waals surface area contributed by atoms with Crippen LogP contribution < -0.4 is 5.32 Å². The average Bonchev–Trinajstić information content (AvgIpc) is 2.29. The summed E-state index contributed by atoms with van der Waals surface area (Å²) >= 11 is 0. The van der Waals surface area contributed by atoms with Gasteiger partial charge in [0.25, 0.3) is 0 Å². The Morgan fingerprint density at radius 3 is 2.94 bits per heavy atom. The lowest BCUT2D eigenvalue weighted by Crippen LogP contribution is -2.27. The maximum atomic E-state index is 10.7. The summed E-state index contributed by atoms with van der Waals surface area (Å²) in [6.45, 7) is 3.51. The molecule has 0 saturated heterocycles. The fraction of sp³-hybridized carbons (Fsp3) is 0.308. The summed E-state index contributed by atoms with van der Waals surface area (Å²) in [4.78, 5) is 10.7. The minimum atomic E-state index is -0.983. The first kappa shape index (κ1) is 10.7. The number of hydrogen-bond donors (Lipinski definition) is 2. The number of aliphatic carboxylic acids is 1. The number of nitrogens with one attached hydrogen (secondary N) is 1. The zero-order chi connectivity index (χ0) is 11.5. The van der Waals surface area contributed by atoms with Crippen molar-refractivity contribution in [2.75, 3.05) is 0 Å². The van der Waals surface area contributed by atoms with Crippen LogP contribution in [0.2, 0.25) is 0 Å². The fourth-order valence-corrected chi connectivity index (χ4v) is 2.18. The lowest BCUT2D eigenvalue weighted by molar-refractivity contribution is -0.133. The van der Waals surface area contributed by atoms with Crippen LogP contribution in [0, 0.1) is 0 Å². The Hall–Kier alpha value is -1.77. The van der Waals surface area contributed by atoms with Gasteiger partial charge in [-0.2, -0.15) is 0 Å². The minimum absolute atomic E-state index is 0.0710. The van der Waals surface area contributed by atoms with Crippen LogP contribution in [0.5, 0.6) is 0 Å². The largest absolute Gasteiger partial charge is 0.477 e. The van der Waals surface area contributed by atoms with Gasteiger partial charge in [-0.3, -0.25) is 0 Å². The first-order valence-electron chi connectivity index (χ1n) is 5.45. The molecule has 1 aromatic rings. The Balaban J connectivity index is 2.19. The molecule has 3 heteroatoms. The SMILES string of the molecule is C=C(NC1CCCc2ccccc21)C(=O)O. The highest BCUT2D eigenvalue weighted by molar-refractivity contribution is 5.85. The number of benzene rings is 1. The van der Waals surface area contributed by atoms with Gasteiger partial charge in [-0.25, -0.2) is 4.79 Å². The van der Waals surface area contributed by atoms with E-state index in [1.165, 1.54) is 11.1 Å². The monoisotopic (exact) mass is 217 g/mol. The first-order valence-corrected chi connectivity index (χ1v) is 5.45. The molecule has 1 atom stereocenters. The third-order valence-corrected chi connectivity index (χ3v) is 2.98. The lowest BCUT2D eigenvalue weighted by Gasteiger charge is -2.26. The molecule has 16 heavy (non-hydrogen) atoms. The van der Waals surface area contributed by atoms with E-state index in [0.29, 0.717) is 0 Å². The Morgan fingerprint density at radius 1 is 1.44 bits per heavy atom. The zero-order valence-corrected chi connectivity index (χ0v) is 9.07. The third kappa shape index (κ3) is 2.08. The van der Waals surface area contributed by atoms with Crippen LogP contribution >= 0.6 is 0 Å². The maximum Gasteiger partial charge on any atom is 0.351 e. The molecule has 0 aromatic heterocycles. The number of carboxylic acid groups (broad SMARTS) is 1. The third-order valence-electron chi connectivity index (χ3n) is 2.98. The van der Waals surface area contributed by atoms with Gasteiger partial charge in [-0.1, -0.05) is 30.8 Å². The molecule has 2 rings (SSSR count). The van der Waals surface area contributed by atoms with E-state index < -0.39 is 5.97 Å². The van der Waals surface area contributed by atoms with E-state index in [1.807, 2.05) is 12.1 Å². The van der Waals surface area contributed by atoms with Crippen molar-refractivity contribution >= 4 is 5.97 Å². The predicted molar refractivity (Wildman–Crippen MR) is 62.0 cm³/mol. The molecular weight excluding hydrogens is 202 g/mol. The molecule has 0 spiro atoms. The van der Waals surface area contributed by atoms with Gasteiger partial charge >= 0.3 is 5.97 Å². The summed E-state index contributed by atoms with van der Waals surface area (Å²) in [7, 11) is 0. The van der Waals surface area contributed by atoms with Gasteiger partial charge in [0.2, 0.25) is 0 Å². The molecule has 0 fully saturated rings. The van der Waals surface area contributed by atoms with Gasteiger partial charge in [0.05, 0.1) is 6.04 Å². The Bertz CT molecular complexity index is 426. The normalized spacial score (nSPS) is 18.6. The number of aryl methyl sites for hydroxylation is 1. The van der Waals surface area contributed by atoms with Gasteiger partial charge in [-0.15, -0.1) is 0 Å². The van der Waals surface area contributed by atoms with Crippen LogP contribution in [0.4, 0.5) is 0 Å². The second-order valence-corrected chi connectivity index (χ2v) is 4.07. The molecule has 0 heterocycles. The molecule has 0 radical (unpaired) electrons. The lowest BCUT2D eigenvalue weighted by atomic mass is 9.87. The van der Waals surface area contributed by atoms with Crippen LogP contribution in [-0.2, 0) is 11.2 Å². The van der Waals surface area contributed by atoms with Crippen LogP contribution in [-0.4, -0.2) is 11.1 Å². The predicted octanol–water partition coefficient (Wildman–Crippen LogP) is 2.25. The van der Waals surface area contributed by atoms with Crippen LogP contribution in [0.15, 0.2) is 36.5 Å². The van der Waals surface area contributed by atoms with E-state index in [2.05, 4.69) is 24.0 Å². The van der Waals surface area contributed by atoms with E-state index in [0.717, 1.165) is 19.3 Å². The molecule has 1 aliphatic carbocycles. The van der Waals surface area contributed by atoms with E-state index in [4.69, 9.17) is 5.11 Å². The molecule has 1 aliphatic rings. The molecule has 0 bridgehead atoms. The first-order chi connectivity index (χ1) is 7.68. The van der Waals surface area contributed by atoms with Crippen LogP contribution in [0.25, 0.3) is 0 Å². The smallest absolute Gasteiger partial charge is 0.351 e. The van der Waals surface area contributed by atoms with E-state index in [1.54, 1.807) is 0 Å². The molecule has 1 unspecified atom stereocenters. The zero-order valence-electron chi connectivity index (χ0n) is 9.07. The fourth-order valence-electron chi connectivity index (χ4n) is 2.18. The maximum absolute atomic E-state index is 10.7. The second-order valence-electron chi connectivity index (χ2n) is 4.07. The van der Waals surface area contributed by atoms with Crippen molar-refractivity contribution in [3.63, 3.8) is 0 Å². The standard InChI is InChI=1S/C13H15NO2/c1-9(13(15)16)14-12-8-4-6-10-5-2-3-7-11(10)12/h2-3,5,7,12,14H,1,4,6,8H2,(H,15,16). The molecule has 2 N–H and O–H groups in total. The number of carboxylic acids is 1. The van der Waals surface area contributed by atoms with Gasteiger partial charge in [0.1, 0.15) is 5.70 Å². The van der Waals surface area contributed by atoms with Gasteiger partial charge in [0, 0.05) is 0 Å². The number of rotatable bonds is 3. The summed E-state index contributed by atoms with van der Waals surface area (Å²) in [5.74, 6) is -0.983. The van der Waals surface area contributed by atoms with E-state index in [-0.39, 0.29) is 11.7 Å². The average molecular weight is 217 g/mol. The van der Waals surface area contributed by atoms with Gasteiger partial charge in [-0.05, 0) is 30.4 Å². The summed E-state index contributed by atoms with van der Waals surface area (Å²) < 4.78 is 0. The summed E-state index contributed by atoms with van der Waals surface area (Å²) in [6, 6.07) is 8.26. The van der Waals surface area contributed by atoms with Crippen molar-refractivity contribution in [1.29, 1.82) is 0 Å². The van der Waals surface area contributed by atoms with Crippen molar-refractivity contribution in [3.05, 3.63) is 47.7 Å². The highest BCUT2D eigenvalue weighted by atomic mass is 16.4. The van der Waals surface area contributed by atoms with Gasteiger partial charge in [0.15, 0.2) is 0 Å². The quantitative estimate of drug-likeness (QED) is 0.763. The molecule has 0 saturated carbocycles. The summed E-state index contributed by atoms with van der Waals surface area (Å²) in [6.07, 6.45) is 3.12. The van der Waals surface area contributed by atoms with Gasteiger partial charge < -0.3 is 10.4 Å². The molecule has 3 nitrogen and oxygen atoms in total. The molecule has 0 amide bonds. The Labute approximate surface area is 94.8 Å². The highest BCUT2D eigenvalue weighted by Gasteiger charge is 2.20. The second kappa shape index (κ2) is 4.39. The van der Waals surface area contributed by atoms with Crippen molar-refractivity contribution < 1.29 is 9.90 Å². The molecule has 0 aliphatic heterocycles. The number of fused-ring (bicyclic) bond motifs is 1. The number of hydrogen-bond acceptors (Lipinski definition) is 2. The Morgan fingerprint density at radius 2 is 2.19 bits per heavy atom. The Kier molecular flexibility index (Phi) is 2.95. The highest BCUT2D eigenvalue weighted by Crippen LogP contribution is 2.29. The van der Waals surface area contributed by atoms with Crippen molar-refractivity contribution in [2.45, 2.75) is 25.3 Å². The van der Waals surface area contributed by atoms with Crippen LogP contribution in [0.3, 0.4) is 0 Å². The summed E-state index contributed by atoms with van der Waals surface area (Å²) in [5, 5.41) is 11.8. The van der Waals surface area contributed by atoms with Crippen molar-refractivity contribution in [1.82, 2.24) is 5.32 Å². The minimum Gasteiger partial charge on any atom is -0.477 e. The molecular formula is C13H15NO2. The number of carbonyl (C=O) groups is 1. The van der Waals surface area contributed by atoms with E-state index >= 15 is 0 Å². The topological polar surface area (TPSA) is 49.3 Å². The van der Waals surface area contributed by atoms with Crippen molar-refractivity contribution in [2.24, 2.45) is 0 Å². The van der Waals surface area contributed by atoms with Crippen LogP contribution in [0.1, 0.15) is 30.0 Å². The van der Waals surface area contributed by atoms with E-state index in [9.17, 15) is 4.79 Å².